The number of alkyl carbamates (subject to hydrolysis) is 1. The van der Waals surface area contributed by atoms with E-state index < -0.39 is 30.1 Å². The van der Waals surface area contributed by atoms with E-state index in [-0.39, 0.29) is 25.0 Å². The van der Waals surface area contributed by atoms with E-state index in [1.165, 1.54) is 0 Å². The number of fused-ring (bicyclic) bond motifs is 3. The van der Waals surface area contributed by atoms with Crippen molar-refractivity contribution in [3.63, 3.8) is 0 Å². The smallest absolute Gasteiger partial charge is 0.407 e. The molecule has 0 bridgehead atoms. The number of aliphatic carboxylic acids is 1. The lowest BCUT2D eigenvalue weighted by Crippen LogP contribution is -2.48. The van der Waals surface area contributed by atoms with Gasteiger partial charge in [-0.3, -0.25) is 9.59 Å². The van der Waals surface area contributed by atoms with Gasteiger partial charge in [-0.05, 0) is 35.1 Å². The summed E-state index contributed by atoms with van der Waals surface area (Å²) in [7, 11) is 0. The Balaban J connectivity index is 1.31. The molecule has 2 aliphatic rings. The second-order valence-electron chi connectivity index (χ2n) is 8.48. The van der Waals surface area contributed by atoms with Crippen LogP contribution in [0.3, 0.4) is 0 Å². The van der Waals surface area contributed by atoms with Crippen LogP contribution in [0.25, 0.3) is 11.1 Å². The summed E-state index contributed by atoms with van der Waals surface area (Å²) in [5.41, 5.74) is 4.56. The van der Waals surface area contributed by atoms with Gasteiger partial charge >= 0.3 is 12.1 Å². The van der Waals surface area contributed by atoms with Crippen molar-refractivity contribution in [3.05, 3.63) is 59.7 Å². The second kappa shape index (κ2) is 10.0. The third-order valence-corrected chi connectivity index (χ3v) is 6.30. The van der Waals surface area contributed by atoms with Gasteiger partial charge in [0.2, 0.25) is 0 Å². The zero-order valence-electron chi connectivity index (χ0n) is 18.5. The van der Waals surface area contributed by atoms with Gasteiger partial charge in [0.1, 0.15) is 6.61 Å². The van der Waals surface area contributed by atoms with Gasteiger partial charge in [0, 0.05) is 19.1 Å². The quantitative estimate of drug-likeness (QED) is 0.568. The molecular formula is C25H28N2O6. The molecule has 0 spiro atoms. The van der Waals surface area contributed by atoms with Crippen molar-refractivity contribution >= 4 is 18.0 Å². The Kier molecular flexibility index (Phi) is 6.93. The Morgan fingerprint density at radius 2 is 1.73 bits per heavy atom. The Labute approximate surface area is 192 Å². The number of hydrogen-bond donors (Lipinski definition) is 3. The van der Waals surface area contributed by atoms with Crippen molar-refractivity contribution < 1.29 is 29.0 Å². The van der Waals surface area contributed by atoms with Gasteiger partial charge in [0.15, 0.2) is 6.10 Å². The fourth-order valence-corrected chi connectivity index (χ4v) is 4.42. The molecule has 0 aromatic heterocycles. The molecule has 1 aliphatic carbocycles. The van der Waals surface area contributed by atoms with E-state index in [1.54, 1.807) is 6.92 Å². The molecule has 3 atom stereocenters. The number of carbonyl (C=O) groups excluding carboxylic acids is 2. The minimum Gasteiger partial charge on any atom is -0.481 e. The molecule has 0 saturated carbocycles. The van der Waals surface area contributed by atoms with Gasteiger partial charge in [-0.2, -0.15) is 0 Å². The lowest BCUT2D eigenvalue weighted by molar-refractivity contribution is -0.141. The molecule has 174 valence electrons. The van der Waals surface area contributed by atoms with Crippen molar-refractivity contribution in [1.29, 1.82) is 0 Å². The minimum absolute atomic E-state index is 0.0432. The van der Waals surface area contributed by atoms with Gasteiger partial charge in [0.25, 0.3) is 5.91 Å². The Morgan fingerprint density at radius 1 is 1.09 bits per heavy atom. The Morgan fingerprint density at radius 3 is 2.36 bits per heavy atom. The molecule has 2 aromatic carbocycles. The van der Waals surface area contributed by atoms with Crippen molar-refractivity contribution in [2.75, 3.05) is 19.8 Å². The number of nitrogens with one attached hydrogen (secondary N) is 2. The molecule has 2 aromatic rings. The number of amides is 2. The summed E-state index contributed by atoms with van der Waals surface area (Å²) in [5, 5.41) is 14.4. The van der Waals surface area contributed by atoms with Crippen molar-refractivity contribution in [2.45, 2.75) is 37.8 Å². The largest absolute Gasteiger partial charge is 0.481 e. The van der Waals surface area contributed by atoms with Gasteiger partial charge in [-0.25, -0.2) is 4.79 Å². The van der Waals surface area contributed by atoms with E-state index in [0.29, 0.717) is 19.4 Å². The van der Waals surface area contributed by atoms with E-state index in [0.717, 1.165) is 22.3 Å². The first kappa shape index (κ1) is 22.8. The highest BCUT2D eigenvalue weighted by atomic mass is 16.6. The van der Waals surface area contributed by atoms with Crippen molar-refractivity contribution in [2.24, 2.45) is 5.92 Å². The van der Waals surface area contributed by atoms with Crippen LogP contribution in [0.5, 0.6) is 0 Å². The van der Waals surface area contributed by atoms with E-state index in [4.69, 9.17) is 14.6 Å². The van der Waals surface area contributed by atoms with Crippen LogP contribution < -0.4 is 10.6 Å². The molecule has 8 nitrogen and oxygen atoms in total. The van der Waals surface area contributed by atoms with Crippen LogP contribution in [0.4, 0.5) is 4.79 Å². The highest BCUT2D eigenvalue weighted by Crippen LogP contribution is 2.44. The predicted molar refractivity (Wildman–Crippen MR) is 121 cm³/mol. The summed E-state index contributed by atoms with van der Waals surface area (Å²) >= 11 is 0. The Bertz CT molecular complexity index is 994. The Hall–Kier alpha value is -3.39. The molecular weight excluding hydrogens is 424 g/mol. The maximum atomic E-state index is 12.5. The standard InChI is InChI=1S/C25H28N2O6/c1-15(24(29)30)10-12-26-23(28)22-21(11-13-32-22)27-25(31)33-14-20-18-8-4-2-6-16(18)17-7-3-5-9-19(17)20/h2-9,15,20-22H,10-14H2,1H3,(H,26,28)(H,27,31)(H,29,30)/t15?,21-,22+/m0/s1. The van der Waals surface area contributed by atoms with Gasteiger partial charge in [0.05, 0.1) is 12.0 Å². The number of benzene rings is 2. The zero-order valence-corrected chi connectivity index (χ0v) is 18.5. The number of hydrogen-bond acceptors (Lipinski definition) is 5. The van der Waals surface area contributed by atoms with E-state index in [9.17, 15) is 14.4 Å². The summed E-state index contributed by atoms with van der Waals surface area (Å²) in [6.45, 7) is 2.35. The molecule has 2 amide bonds. The molecule has 0 radical (unpaired) electrons. The topological polar surface area (TPSA) is 114 Å². The fraction of sp³-hybridized carbons (Fsp3) is 0.400. The predicted octanol–water partition coefficient (Wildman–Crippen LogP) is 2.91. The summed E-state index contributed by atoms with van der Waals surface area (Å²) in [5.74, 6) is -1.87. The average molecular weight is 453 g/mol. The van der Waals surface area contributed by atoms with E-state index >= 15 is 0 Å². The maximum absolute atomic E-state index is 12.5. The lowest BCUT2D eigenvalue weighted by Gasteiger charge is -2.20. The number of carbonyl (C=O) groups is 3. The van der Waals surface area contributed by atoms with Gasteiger partial charge in [-0.1, -0.05) is 55.5 Å². The van der Waals surface area contributed by atoms with E-state index in [2.05, 4.69) is 34.9 Å². The SMILES string of the molecule is CC(CCNC(=O)[C@@H]1OCC[C@@H]1NC(=O)OCC1c2ccccc2-c2ccccc21)C(=O)O. The average Bonchev–Trinajstić information content (AvgIpc) is 3.40. The first-order valence-electron chi connectivity index (χ1n) is 11.2. The molecule has 33 heavy (non-hydrogen) atoms. The molecule has 8 heteroatoms. The van der Waals surface area contributed by atoms with Crippen LogP contribution in [-0.4, -0.2) is 55.0 Å². The number of ether oxygens (including phenoxy) is 2. The van der Waals surface area contributed by atoms with Gasteiger partial charge < -0.3 is 25.2 Å². The molecule has 4 rings (SSSR count). The van der Waals surface area contributed by atoms with Crippen LogP contribution in [-0.2, 0) is 19.1 Å². The highest BCUT2D eigenvalue weighted by Gasteiger charge is 2.36. The molecule has 3 N–H and O–H groups in total. The van der Waals surface area contributed by atoms with Crippen molar-refractivity contribution in [3.8, 4) is 11.1 Å². The molecule has 1 heterocycles. The summed E-state index contributed by atoms with van der Waals surface area (Å²) in [6.07, 6.45) is -0.609. The molecule has 1 unspecified atom stereocenters. The normalized spacial score (nSPS) is 19.9. The molecule has 1 aliphatic heterocycles. The minimum atomic E-state index is -0.906. The van der Waals surface area contributed by atoms with Crippen LogP contribution in [0.2, 0.25) is 0 Å². The summed E-state index contributed by atoms with van der Waals surface area (Å²) in [6, 6.07) is 15.7. The monoisotopic (exact) mass is 452 g/mol. The third kappa shape index (κ3) is 5.01. The van der Waals surface area contributed by atoms with Gasteiger partial charge in [-0.15, -0.1) is 0 Å². The summed E-state index contributed by atoms with van der Waals surface area (Å²) in [4.78, 5) is 35.9. The fourth-order valence-electron chi connectivity index (χ4n) is 4.42. The molecule has 1 saturated heterocycles. The number of carboxylic acids is 1. The van der Waals surface area contributed by atoms with Crippen molar-refractivity contribution in [1.82, 2.24) is 10.6 Å². The van der Waals surface area contributed by atoms with Crippen LogP contribution in [0, 0.1) is 5.92 Å². The number of rotatable bonds is 8. The first-order chi connectivity index (χ1) is 16.0. The zero-order chi connectivity index (χ0) is 23.4. The van der Waals surface area contributed by atoms with Crippen LogP contribution in [0.1, 0.15) is 36.8 Å². The highest BCUT2D eigenvalue weighted by molar-refractivity contribution is 5.83. The van der Waals surface area contributed by atoms with Crippen LogP contribution >= 0.6 is 0 Å². The molecule has 1 fully saturated rings. The maximum Gasteiger partial charge on any atom is 0.407 e. The third-order valence-electron chi connectivity index (χ3n) is 6.30. The van der Waals surface area contributed by atoms with E-state index in [1.807, 2.05) is 24.3 Å². The second-order valence-corrected chi connectivity index (χ2v) is 8.48. The lowest BCUT2D eigenvalue weighted by atomic mass is 9.98. The number of carboxylic acid groups (broad SMARTS) is 1. The van der Waals surface area contributed by atoms with Crippen LogP contribution in [0.15, 0.2) is 48.5 Å². The summed E-state index contributed by atoms with van der Waals surface area (Å²) < 4.78 is 11.1. The first-order valence-corrected chi connectivity index (χ1v) is 11.2.